The van der Waals surface area contributed by atoms with Crippen molar-refractivity contribution in [3.63, 3.8) is 0 Å². The first-order valence-electron chi connectivity index (χ1n) is 11.3. The molecular formula is C31H18N2. The van der Waals surface area contributed by atoms with Crippen molar-refractivity contribution in [2.45, 2.75) is 0 Å². The van der Waals surface area contributed by atoms with Crippen LogP contribution in [0.5, 0.6) is 0 Å². The second-order valence-electron chi connectivity index (χ2n) is 8.80. The Morgan fingerprint density at radius 2 is 1.24 bits per heavy atom. The van der Waals surface area contributed by atoms with Gasteiger partial charge in [-0.25, -0.2) is 4.98 Å². The Kier molecular flexibility index (Phi) is 3.16. The Bertz CT molecular complexity index is 1910. The maximum atomic E-state index is 4.73. The lowest BCUT2D eigenvalue weighted by atomic mass is 9.90. The molecule has 0 atom stereocenters. The summed E-state index contributed by atoms with van der Waals surface area (Å²) in [5, 5.41) is 7.85. The fraction of sp³-hybridized carbons (Fsp3) is 0. The summed E-state index contributed by atoms with van der Waals surface area (Å²) in [7, 11) is 0. The third kappa shape index (κ3) is 2.10. The van der Waals surface area contributed by atoms with Crippen LogP contribution in [0.4, 0.5) is 0 Å². The molecule has 2 aromatic heterocycles. The molecule has 0 unspecified atom stereocenters. The van der Waals surface area contributed by atoms with Crippen molar-refractivity contribution in [2.75, 3.05) is 0 Å². The normalized spacial score (nSPS) is 12.2. The number of nitrogens with zero attached hydrogens (tertiary/aromatic N) is 2. The highest BCUT2D eigenvalue weighted by Crippen LogP contribution is 2.50. The molecule has 2 nitrogen and oxygen atoms in total. The van der Waals surface area contributed by atoms with E-state index in [0.29, 0.717) is 0 Å². The number of fused-ring (bicyclic) bond motifs is 5. The zero-order valence-electron chi connectivity index (χ0n) is 17.8. The summed E-state index contributed by atoms with van der Waals surface area (Å²) in [6.07, 6.45) is 1.87. The number of hydrogen-bond donors (Lipinski definition) is 0. The van der Waals surface area contributed by atoms with E-state index in [-0.39, 0.29) is 0 Å². The molecule has 0 spiro atoms. The summed E-state index contributed by atoms with van der Waals surface area (Å²) in [5.74, 6) is 0.949. The van der Waals surface area contributed by atoms with Crippen LogP contribution in [0.1, 0.15) is 0 Å². The van der Waals surface area contributed by atoms with Crippen molar-refractivity contribution in [1.82, 2.24) is 9.55 Å². The predicted molar refractivity (Wildman–Crippen MR) is 138 cm³/mol. The summed E-state index contributed by atoms with van der Waals surface area (Å²) in [6.45, 7) is 0. The number of aromatic nitrogens is 2. The molecule has 1 aliphatic carbocycles. The van der Waals surface area contributed by atoms with Crippen LogP contribution in [0, 0.1) is 0 Å². The molecular weight excluding hydrogens is 400 g/mol. The first-order chi connectivity index (χ1) is 16.4. The molecule has 2 heteroatoms. The Labute approximate surface area is 190 Å². The van der Waals surface area contributed by atoms with Crippen LogP contribution in [0.15, 0.2) is 109 Å². The molecule has 0 amide bonds. The maximum Gasteiger partial charge on any atom is 0.137 e. The zero-order valence-corrected chi connectivity index (χ0v) is 17.8. The van der Waals surface area contributed by atoms with E-state index in [1.54, 1.807) is 0 Å². The summed E-state index contributed by atoms with van der Waals surface area (Å²) >= 11 is 0. The van der Waals surface area contributed by atoms with Gasteiger partial charge in [-0.1, -0.05) is 72.8 Å². The van der Waals surface area contributed by atoms with Gasteiger partial charge in [0.15, 0.2) is 0 Å². The van der Waals surface area contributed by atoms with E-state index in [1.165, 1.54) is 65.6 Å². The lowest BCUT2D eigenvalue weighted by Crippen LogP contribution is -1.97. The maximum absolute atomic E-state index is 4.73. The van der Waals surface area contributed by atoms with E-state index in [2.05, 4.69) is 102 Å². The van der Waals surface area contributed by atoms with E-state index in [0.717, 1.165) is 5.82 Å². The third-order valence-corrected chi connectivity index (χ3v) is 7.16. The molecule has 8 rings (SSSR count). The molecule has 0 saturated heterocycles. The van der Waals surface area contributed by atoms with Gasteiger partial charge in [0.2, 0.25) is 0 Å². The molecule has 7 aromatic rings. The van der Waals surface area contributed by atoms with Crippen molar-refractivity contribution >= 4 is 43.4 Å². The Morgan fingerprint density at radius 1 is 0.485 bits per heavy atom. The van der Waals surface area contributed by atoms with Crippen LogP contribution in [0.25, 0.3) is 71.4 Å². The average Bonchev–Trinajstić information content (AvgIpc) is 3.17. The molecule has 0 fully saturated rings. The molecule has 2 heterocycles. The SMILES string of the molecule is c1ccc(-n2c3cccc4c3c3c5c(cc6ccccc6c5ccc32)-c2ccccc2-4)nc1. The van der Waals surface area contributed by atoms with Crippen LogP contribution < -0.4 is 0 Å². The van der Waals surface area contributed by atoms with Crippen molar-refractivity contribution in [2.24, 2.45) is 0 Å². The number of hydrogen-bond acceptors (Lipinski definition) is 1. The number of benzene rings is 5. The first kappa shape index (κ1) is 17.2. The minimum absolute atomic E-state index is 0.949. The van der Waals surface area contributed by atoms with Crippen LogP contribution >= 0.6 is 0 Å². The molecule has 0 radical (unpaired) electrons. The summed E-state index contributed by atoms with van der Waals surface area (Å²) < 4.78 is 2.32. The lowest BCUT2D eigenvalue weighted by Gasteiger charge is -2.15. The molecule has 33 heavy (non-hydrogen) atoms. The highest BCUT2D eigenvalue weighted by atomic mass is 15.1. The quantitative estimate of drug-likeness (QED) is 0.246. The van der Waals surface area contributed by atoms with Gasteiger partial charge in [-0.15, -0.1) is 0 Å². The van der Waals surface area contributed by atoms with E-state index in [4.69, 9.17) is 4.98 Å². The van der Waals surface area contributed by atoms with E-state index in [9.17, 15) is 0 Å². The van der Waals surface area contributed by atoms with Gasteiger partial charge in [0.1, 0.15) is 5.82 Å². The Hall–Kier alpha value is -4.43. The van der Waals surface area contributed by atoms with Crippen molar-refractivity contribution < 1.29 is 0 Å². The van der Waals surface area contributed by atoms with Gasteiger partial charge in [-0.3, -0.25) is 4.57 Å². The van der Waals surface area contributed by atoms with Gasteiger partial charge in [-0.2, -0.15) is 0 Å². The van der Waals surface area contributed by atoms with Crippen molar-refractivity contribution in [3.8, 4) is 28.1 Å². The summed E-state index contributed by atoms with van der Waals surface area (Å²) in [6, 6.07) is 37.4. The van der Waals surface area contributed by atoms with Crippen LogP contribution in [0.2, 0.25) is 0 Å². The summed E-state index contributed by atoms with van der Waals surface area (Å²) in [5.41, 5.74) is 7.58. The molecule has 0 bridgehead atoms. The second kappa shape index (κ2) is 6.08. The molecule has 0 saturated carbocycles. The van der Waals surface area contributed by atoms with Crippen LogP contribution in [0.3, 0.4) is 0 Å². The van der Waals surface area contributed by atoms with Gasteiger partial charge in [-0.05, 0) is 68.7 Å². The van der Waals surface area contributed by atoms with Crippen molar-refractivity contribution in [3.05, 3.63) is 109 Å². The van der Waals surface area contributed by atoms with Gasteiger partial charge < -0.3 is 0 Å². The van der Waals surface area contributed by atoms with Gasteiger partial charge in [0.25, 0.3) is 0 Å². The first-order valence-corrected chi connectivity index (χ1v) is 11.3. The van der Waals surface area contributed by atoms with Crippen LogP contribution in [-0.2, 0) is 0 Å². The van der Waals surface area contributed by atoms with E-state index in [1.807, 2.05) is 12.3 Å². The highest BCUT2D eigenvalue weighted by molar-refractivity contribution is 6.33. The minimum Gasteiger partial charge on any atom is -0.294 e. The second-order valence-corrected chi connectivity index (χ2v) is 8.80. The summed E-state index contributed by atoms with van der Waals surface area (Å²) in [4.78, 5) is 4.73. The minimum atomic E-state index is 0.949. The van der Waals surface area contributed by atoms with E-state index < -0.39 is 0 Å². The predicted octanol–water partition coefficient (Wildman–Crippen LogP) is 8.13. The molecule has 0 N–H and O–H groups in total. The van der Waals surface area contributed by atoms with Gasteiger partial charge in [0.05, 0.1) is 11.0 Å². The highest BCUT2D eigenvalue weighted by Gasteiger charge is 2.25. The van der Waals surface area contributed by atoms with E-state index >= 15 is 0 Å². The Balaban J connectivity index is 1.74. The molecule has 5 aromatic carbocycles. The standard InChI is InChI=1S/C31H18N2/c1-2-9-20-19(8-1)18-25-22-11-4-3-10-21(22)23-12-7-13-26-30(23)31-27(16-15-24(20)29(25)31)33(26)28-14-5-6-17-32-28/h1-18H. The molecule has 152 valence electrons. The monoisotopic (exact) mass is 418 g/mol. The fourth-order valence-electron chi connectivity index (χ4n) is 5.87. The Morgan fingerprint density at radius 3 is 2.12 bits per heavy atom. The number of rotatable bonds is 1. The number of pyridine rings is 1. The molecule has 1 aliphatic rings. The lowest BCUT2D eigenvalue weighted by molar-refractivity contribution is 1.08. The van der Waals surface area contributed by atoms with Crippen LogP contribution in [-0.4, -0.2) is 9.55 Å². The largest absolute Gasteiger partial charge is 0.294 e. The van der Waals surface area contributed by atoms with Gasteiger partial charge in [0, 0.05) is 22.4 Å². The van der Waals surface area contributed by atoms with Gasteiger partial charge >= 0.3 is 0 Å². The van der Waals surface area contributed by atoms with Crippen molar-refractivity contribution in [1.29, 1.82) is 0 Å². The molecule has 0 aliphatic heterocycles. The average molecular weight is 418 g/mol. The zero-order chi connectivity index (χ0) is 21.5. The fourth-order valence-corrected chi connectivity index (χ4v) is 5.87. The third-order valence-electron chi connectivity index (χ3n) is 7.16. The topological polar surface area (TPSA) is 17.8 Å². The smallest absolute Gasteiger partial charge is 0.137 e.